The average molecular weight is 620 g/mol. The second-order valence-corrected chi connectivity index (χ2v) is 11.7. The highest BCUT2D eigenvalue weighted by Crippen LogP contribution is 2.32. The van der Waals surface area contributed by atoms with Crippen molar-refractivity contribution in [2.75, 3.05) is 13.2 Å². The van der Waals surface area contributed by atoms with Crippen molar-refractivity contribution < 1.29 is 14.3 Å². The monoisotopic (exact) mass is 618 g/mol. The summed E-state index contributed by atoms with van der Waals surface area (Å²) in [7, 11) is 0. The van der Waals surface area contributed by atoms with Crippen molar-refractivity contribution in [3.63, 3.8) is 0 Å². The van der Waals surface area contributed by atoms with Gasteiger partial charge in [0.05, 0.1) is 14.5 Å². The van der Waals surface area contributed by atoms with Gasteiger partial charge >= 0.3 is 0 Å². The van der Waals surface area contributed by atoms with E-state index >= 15 is 0 Å². The minimum Gasteiger partial charge on any atom is -0.483 e. The Balaban J connectivity index is 1.91. The first-order chi connectivity index (χ1) is 18.0. The molecular formula is C30H33BrCl2N2O3. The molecule has 0 spiro atoms. The zero-order valence-corrected chi connectivity index (χ0v) is 25.2. The van der Waals surface area contributed by atoms with Crippen LogP contribution in [0, 0.1) is 0 Å². The molecule has 1 atom stereocenters. The lowest BCUT2D eigenvalue weighted by atomic mass is 9.87. The Morgan fingerprint density at radius 2 is 1.68 bits per heavy atom. The Labute approximate surface area is 243 Å². The van der Waals surface area contributed by atoms with Crippen molar-refractivity contribution in [3.8, 4) is 5.75 Å². The van der Waals surface area contributed by atoms with Crippen molar-refractivity contribution in [3.05, 3.63) is 97.9 Å². The summed E-state index contributed by atoms with van der Waals surface area (Å²) in [6, 6.07) is 19.9. The van der Waals surface area contributed by atoms with Crippen LogP contribution in [-0.2, 0) is 28.0 Å². The van der Waals surface area contributed by atoms with Crippen molar-refractivity contribution in [1.82, 2.24) is 10.2 Å². The molecular weight excluding hydrogens is 587 g/mol. The van der Waals surface area contributed by atoms with E-state index in [2.05, 4.69) is 42.0 Å². The summed E-state index contributed by atoms with van der Waals surface area (Å²) in [6.07, 6.45) is 0.351. The van der Waals surface area contributed by atoms with Crippen LogP contribution in [0.3, 0.4) is 0 Å². The van der Waals surface area contributed by atoms with E-state index in [0.717, 1.165) is 21.2 Å². The maximum absolute atomic E-state index is 13.7. The topological polar surface area (TPSA) is 58.6 Å². The Bertz CT molecular complexity index is 1260. The van der Waals surface area contributed by atoms with Gasteiger partial charge in [-0.15, -0.1) is 0 Å². The molecule has 0 aliphatic heterocycles. The number of likely N-dealkylation sites (N-methyl/N-ethyl adjacent to an activating group) is 1. The van der Waals surface area contributed by atoms with E-state index < -0.39 is 6.04 Å². The average Bonchev–Trinajstić information content (AvgIpc) is 2.87. The number of nitrogens with zero attached hydrogens (tertiary/aromatic N) is 1. The quantitative estimate of drug-likeness (QED) is 0.261. The molecule has 2 amide bonds. The zero-order valence-electron chi connectivity index (χ0n) is 22.1. The lowest BCUT2D eigenvalue weighted by Gasteiger charge is -2.31. The van der Waals surface area contributed by atoms with Crippen LogP contribution < -0.4 is 10.1 Å². The van der Waals surface area contributed by atoms with Gasteiger partial charge in [0.15, 0.2) is 6.61 Å². The van der Waals surface area contributed by atoms with Gasteiger partial charge in [-0.25, -0.2) is 0 Å². The number of amides is 2. The standard InChI is InChI=1S/C30H33BrCl2N2O3/c1-5-34-29(37)26(16-20-9-7-6-8-10-20)35(18-21-11-13-24(32)25(33)15-21)28(36)19-38-27-14-12-22(17-23(27)31)30(2,3)4/h6-15,17,26H,5,16,18-19H2,1-4H3,(H,34,37). The first-order valence-corrected chi connectivity index (χ1v) is 14.0. The summed E-state index contributed by atoms with van der Waals surface area (Å²) in [4.78, 5) is 28.5. The molecule has 202 valence electrons. The highest BCUT2D eigenvalue weighted by atomic mass is 79.9. The van der Waals surface area contributed by atoms with Gasteiger partial charge in [-0.1, -0.05) is 86.4 Å². The van der Waals surface area contributed by atoms with E-state index in [0.29, 0.717) is 28.8 Å². The van der Waals surface area contributed by atoms with Gasteiger partial charge in [0, 0.05) is 19.5 Å². The highest BCUT2D eigenvalue weighted by molar-refractivity contribution is 9.10. The molecule has 5 nitrogen and oxygen atoms in total. The second kappa shape index (κ2) is 13.5. The normalized spacial score (nSPS) is 12.1. The third-order valence-electron chi connectivity index (χ3n) is 6.11. The molecule has 0 radical (unpaired) electrons. The first-order valence-electron chi connectivity index (χ1n) is 12.5. The summed E-state index contributed by atoms with van der Waals surface area (Å²) < 4.78 is 6.71. The molecule has 0 heterocycles. The van der Waals surface area contributed by atoms with Gasteiger partial charge in [0.2, 0.25) is 5.91 Å². The van der Waals surface area contributed by atoms with Gasteiger partial charge < -0.3 is 15.0 Å². The van der Waals surface area contributed by atoms with Gasteiger partial charge in [0.25, 0.3) is 5.91 Å². The van der Waals surface area contributed by atoms with E-state index in [4.69, 9.17) is 27.9 Å². The van der Waals surface area contributed by atoms with Crippen LogP contribution in [0.4, 0.5) is 0 Å². The number of benzene rings is 3. The SMILES string of the molecule is CCNC(=O)C(Cc1ccccc1)N(Cc1ccc(Cl)c(Cl)c1)C(=O)COc1ccc(C(C)(C)C)cc1Br. The van der Waals surface area contributed by atoms with Crippen molar-refractivity contribution in [2.24, 2.45) is 0 Å². The minimum atomic E-state index is -0.755. The molecule has 0 saturated heterocycles. The number of ether oxygens (including phenoxy) is 1. The summed E-state index contributed by atoms with van der Waals surface area (Å²) >= 11 is 15.9. The number of nitrogens with one attached hydrogen (secondary N) is 1. The largest absolute Gasteiger partial charge is 0.483 e. The Kier molecular flexibility index (Phi) is 10.7. The number of rotatable bonds is 10. The van der Waals surface area contributed by atoms with Crippen molar-refractivity contribution in [1.29, 1.82) is 0 Å². The predicted molar refractivity (Wildman–Crippen MR) is 158 cm³/mol. The smallest absolute Gasteiger partial charge is 0.261 e. The van der Waals surface area contributed by atoms with Crippen molar-refractivity contribution in [2.45, 2.75) is 52.1 Å². The third kappa shape index (κ3) is 8.23. The van der Waals surface area contributed by atoms with Crippen LogP contribution in [0.5, 0.6) is 5.75 Å². The van der Waals surface area contributed by atoms with Gasteiger partial charge in [-0.05, 0) is 69.2 Å². The number of hydrogen-bond acceptors (Lipinski definition) is 3. The molecule has 0 aliphatic rings. The second-order valence-electron chi connectivity index (χ2n) is 10.1. The maximum atomic E-state index is 13.7. The molecule has 1 N–H and O–H groups in total. The Morgan fingerprint density at radius 1 is 0.974 bits per heavy atom. The fourth-order valence-corrected chi connectivity index (χ4v) is 4.80. The van der Waals surface area contributed by atoms with E-state index in [1.54, 1.807) is 23.1 Å². The van der Waals surface area contributed by atoms with Crippen LogP contribution >= 0.6 is 39.1 Å². The predicted octanol–water partition coefficient (Wildman–Crippen LogP) is 7.21. The van der Waals surface area contributed by atoms with E-state index in [-0.39, 0.29) is 30.4 Å². The molecule has 3 rings (SSSR count). The summed E-state index contributed by atoms with van der Waals surface area (Å²) in [5.41, 5.74) is 2.82. The number of carbonyl (C=O) groups is 2. The highest BCUT2D eigenvalue weighted by Gasteiger charge is 2.30. The molecule has 0 saturated carbocycles. The Morgan fingerprint density at radius 3 is 2.29 bits per heavy atom. The van der Waals surface area contributed by atoms with E-state index in [9.17, 15) is 9.59 Å². The first kappa shape index (κ1) is 30.0. The Hall–Kier alpha value is -2.54. The van der Waals surface area contributed by atoms with Crippen LogP contribution in [0.1, 0.15) is 44.4 Å². The summed E-state index contributed by atoms with van der Waals surface area (Å²) in [5.74, 6) is -0.00557. The molecule has 8 heteroatoms. The minimum absolute atomic E-state index is 0.0230. The summed E-state index contributed by atoms with van der Waals surface area (Å²) in [6.45, 7) is 8.63. The van der Waals surface area contributed by atoms with E-state index in [1.807, 2.05) is 55.5 Å². The van der Waals surface area contributed by atoms with Gasteiger partial charge in [-0.3, -0.25) is 9.59 Å². The zero-order chi connectivity index (χ0) is 27.9. The van der Waals surface area contributed by atoms with Crippen LogP contribution in [-0.4, -0.2) is 35.9 Å². The lowest BCUT2D eigenvalue weighted by molar-refractivity contribution is -0.142. The fourth-order valence-electron chi connectivity index (χ4n) is 3.99. The molecule has 0 aromatic heterocycles. The van der Waals surface area contributed by atoms with E-state index in [1.165, 1.54) is 0 Å². The van der Waals surface area contributed by atoms with Crippen LogP contribution in [0.25, 0.3) is 0 Å². The maximum Gasteiger partial charge on any atom is 0.261 e. The number of hydrogen-bond donors (Lipinski definition) is 1. The molecule has 0 aliphatic carbocycles. The van der Waals surface area contributed by atoms with Gasteiger partial charge in [0.1, 0.15) is 11.8 Å². The third-order valence-corrected chi connectivity index (χ3v) is 7.47. The summed E-state index contributed by atoms with van der Waals surface area (Å²) in [5, 5.41) is 3.69. The fraction of sp³-hybridized carbons (Fsp3) is 0.333. The molecule has 0 bridgehead atoms. The molecule has 1 unspecified atom stereocenters. The number of halogens is 3. The molecule has 3 aromatic rings. The molecule has 0 fully saturated rings. The number of carbonyl (C=O) groups excluding carboxylic acids is 2. The van der Waals surface area contributed by atoms with Gasteiger partial charge in [-0.2, -0.15) is 0 Å². The lowest BCUT2D eigenvalue weighted by Crippen LogP contribution is -2.51. The van der Waals surface area contributed by atoms with Crippen molar-refractivity contribution >= 4 is 50.9 Å². The molecule has 38 heavy (non-hydrogen) atoms. The van der Waals surface area contributed by atoms with Crippen LogP contribution in [0.15, 0.2) is 71.2 Å². The van der Waals surface area contributed by atoms with Crippen LogP contribution in [0.2, 0.25) is 10.0 Å². The molecule has 3 aromatic carbocycles.